The SMILES string of the molecule is CCN1C(=O)C(=Cc2cc(Br)c(OCc3ccc(Cl)cc3Cl)c(OC)c2)SC1=Nc1ccc(C(=O)O)cc1. The third kappa shape index (κ3) is 6.35. The summed E-state index contributed by atoms with van der Waals surface area (Å²) in [5.74, 6) is -0.215. The summed E-state index contributed by atoms with van der Waals surface area (Å²) in [5, 5.41) is 10.7. The Hall–Kier alpha value is -2.98. The molecule has 0 unspecified atom stereocenters. The Kier molecular flexibility index (Phi) is 9.04. The minimum absolute atomic E-state index is 0.167. The molecule has 1 aliphatic heterocycles. The number of likely N-dealkylation sites (N-methyl/N-ethyl adjacent to an activating group) is 1. The minimum atomic E-state index is -1.01. The predicted molar refractivity (Wildman–Crippen MR) is 155 cm³/mol. The highest BCUT2D eigenvalue weighted by Gasteiger charge is 2.32. The fourth-order valence-corrected chi connectivity index (χ4v) is 5.66. The molecule has 0 saturated carbocycles. The summed E-state index contributed by atoms with van der Waals surface area (Å²) in [4.78, 5) is 30.8. The van der Waals surface area contributed by atoms with Crippen LogP contribution in [0.25, 0.3) is 6.08 Å². The van der Waals surface area contributed by atoms with Gasteiger partial charge in [0, 0.05) is 22.2 Å². The van der Waals surface area contributed by atoms with Gasteiger partial charge < -0.3 is 14.6 Å². The van der Waals surface area contributed by atoms with Gasteiger partial charge in [-0.25, -0.2) is 9.79 Å². The van der Waals surface area contributed by atoms with Crippen molar-refractivity contribution in [3.63, 3.8) is 0 Å². The summed E-state index contributed by atoms with van der Waals surface area (Å²) in [5.41, 5.74) is 2.22. The Morgan fingerprint density at radius 1 is 1.16 bits per heavy atom. The number of carbonyl (C=O) groups is 2. The average Bonchev–Trinajstić information content (AvgIpc) is 3.17. The number of benzene rings is 3. The number of nitrogens with zero attached hydrogens (tertiary/aromatic N) is 2. The molecule has 3 aromatic rings. The lowest BCUT2D eigenvalue weighted by molar-refractivity contribution is -0.122. The van der Waals surface area contributed by atoms with E-state index in [4.69, 9.17) is 37.8 Å². The molecule has 0 aliphatic carbocycles. The number of hydrogen-bond acceptors (Lipinski definition) is 6. The molecular weight excluding hydrogens is 615 g/mol. The van der Waals surface area contributed by atoms with Gasteiger partial charge in [-0.2, -0.15) is 0 Å². The van der Waals surface area contributed by atoms with Crippen molar-refractivity contribution in [2.75, 3.05) is 13.7 Å². The maximum atomic E-state index is 13.1. The quantitative estimate of drug-likeness (QED) is 0.256. The van der Waals surface area contributed by atoms with E-state index in [0.29, 0.717) is 48.3 Å². The van der Waals surface area contributed by atoms with Gasteiger partial charge in [-0.3, -0.25) is 9.69 Å². The Morgan fingerprint density at radius 2 is 1.89 bits per heavy atom. The molecule has 1 N–H and O–H groups in total. The highest BCUT2D eigenvalue weighted by Crippen LogP contribution is 2.40. The molecule has 1 aliphatic rings. The van der Waals surface area contributed by atoms with Crippen molar-refractivity contribution in [3.8, 4) is 11.5 Å². The number of thioether (sulfide) groups is 1. The summed E-state index contributed by atoms with van der Waals surface area (Å²) in [6.45, 7) is 2.50. The molecule has 7 nitrogen and oxygen atoms in total. The second-order valence-corrected chi connectivity index (χ2v) is 10.7. The highest BCUT2D eigenvalue weighted by atomic mass is 79.9. The van der Waals surface area contributed by atoms with Gasteiger partial charge in [0.25, 0.3) is 5.91 Å². The standard InChI is InChI=1S/C27H21BrCl2N2O5S/c1-3-32-25(33)23(38-27(32)31-19-8-5-16(6-9-19)26(34)35)12-15-10-20(28)24(22(11-15)36-2)37-14-17-4-7-18(29)13-21(17)30/h4-13H,3,14H2,1-2H3,(H,34,35). The molecule has 0 spiro atoms. The molecule has 38 heavy (non-hydrogen) atoms. The van der Waals surface area contributed by atoms with Gasteiger partial charge in [-0.1, -0.05) is 29.3 Å². The predicted octanol–water partition coefficient (Wildman–Crippen LogP) is 7.67. The normalized spacial score (nSPS) is 15.4. The van der Waals surface area contributed by atoms with Crippen LogP contribution in [-0.4, -0.2) is 40.7 Å². The highest BCUT2D eigenvalue weighted by molar-refractivity contribution is 9.10. The third-order valence-corrected chi connectivity index (χ3v) is 7.66. The van der Waals surface area contributed by atoms with Crippen molar-refractivity contribution in [1.29, 1.82) is 0 Å². The summed E-state index contributed by atoms with van der Waals surface area (Å²) in [6, 6.07) is 15.0. The number of carboxylic acid groups (broad SMARTS) is 1. The Labute approximate surface area is 242 Å². The van der Waals surface area contributed by atoms with Crippen LogP contribution in [0, 0.1) is 0 Å². The Morgan fingerprint density at radius 3 is 2.53 bits per heavy atom. The van der Waals surface area contributed by atoms with E-state index in [0.717, 1.165) is 11.1 Å². The second kappa shape index (κ2) is 12.3. The number of carbonyl (C=O) groups excluding carboxylic acids is 1. The van der Waals surface area contributed by atoms with E-state index >= 15 is 0 Å². The van der Waals surface area contributed by atoms with Gasteiger partial charge in [0.2, 0.25) is 0 Å². The molecule has 1 saturated heterocycles. The molecule has 0 atom stereocenters. The number of amidine groups is 1. The van der Waals surface area contributed by atoms with E-state index < -0.39 is 5.97 Å². The van der Waals surface area contributed by atoms with Crippen molar-refractivity contribution in [3.05, 3.63) is 90.7 Å². The number of methoxy groups -OCH3 is 1. The van der Waals surface area contributed by atoms with E-state index in [9.17, 15) is 9.59 Å². The number of rotatable bonds is 8. The zero-order valence-corrected chi connectivity index (χ0v) is 24.1. The van der Waals surface area contributed by atoms with Crippen molar-refractivity contribution in [2.24, 2.45) is 4.99 Å². The summed E-state index contributed by atoms with van der Waals surface area (Å²) < 4.78 is 12.2. The van der Waals surface area contributed by atoms with Crippen molar-refractivity contribution in [2.45, 2.75) is 13.5 Å². The van der Waals surface area contributed by atoms with E-state index in [1.165, 1.54) is 31.0 Å². The fraction of sp³-hybridized carbons (Fsp3) is 0.148. The van der Waals surface area contributed by atoms with Gasteiger partial charge in [-0.05, 0) is 94.8 Å². The lowest BCUT2D eigenvalue weighted by atomic mass is 10.1. The number of carboxylic acids is 1. The Bertz CT molecular complexity index is 1460. The van der Waals surface area contributed by atoms with Crippen LogP contribution >= 0.6 is 50.9 Å². The van der Waals surface area contributed by atoms with Gasteiger partial charge in [0.15, 0.2) is 16.7 Å². The van der Waals surface area contributed by atoms with Gasteiger partial charge in [0.1, 0.15) is 6.61 Å². The molecule has 3 aromatic carbocycles. The number of aliphatic imine (C=N–C) groups is 1. The summed E-state index contributed by atoms with van der Waals surface area (Å²) in [6.07, 6.45) is 1.76. The molecule has 4 rings (SSSR count). The first kappa shape index (κ1) is 28.0. The third-order valence-electron chi connectivity index (χ3n) is 5.48. The fourth-order valence-electron chi connectivity index (χ4n) is 3.56. The lowest BCUT2D eigenvalue weighted by Gasteiger charge is -2.14. The van der Waals surface area contributed by atoms with Crippen LogP contribution in [0.3, 0.4) is 0 Å². The molecule has 196 valence electrons. The minimum Gasteiger partial charge on any atom is -0.493 e. The average molecular weight is 636 g/mol. The molecule has 1 fully saturated rings. The van der Waals surface area contributed by atoms with Gasteiger partial charge in [-0.15, -0.1) is 0 Å². The number of hydrogen-bond donors (Lipinski definition) is 1. The first-order chi connectivity index (χ1) is 18.2. The zero-order chi connectivity index (χ0) is 27.4. The number of amides is 1. The van der Waals surface area contributed by atoms with E-state index in [1.54, 1.807) is 47.4 Å². The number of aromatic carboxylic acids is 1. The van der Waals surface area contributed by atoms with Crippen molar-refractivity contribution in [1.82, 2.24) is 4.90 Å². The van der Waals surface area contributed by atoms with Crippen molar-refractivity contribution < 1.29 is 24.2 Å². The van der Waals surface area contributed by atoms with Gasteiger partial charge in [0.05, 0.1) is 27.7 Å². The lowest BCUT2D eigenvalue weighted by Crippen LogP contribution is -2.28. The Balaban J connectivity index is 1.58. The molecule has 0 radical (unpaired) electrons. The second-order valence-electron chi connectivity index (χ2n) is 7.96. The smallest absolute Gasteiger partial charge is 0.335 e. The van der Waals surface area contributed by atoms with Crippen LogP contribution in [0.1, 0.15) is 28.4 Å². The van der Waals surface area contributed by atoms with Crippen LogP contribution in [0.4, 0.5) is 5.69 Å². The topological polar surface area (TPSA) is 88.4 Å². The van der Waals surface area contributed by atoms with E-state index in [1.807, 2.05) is 13.0 Å². The molecule has 1 heterocycles. The van der Waals surface area contributed by atoms with Crippen LogP contribution in [0.2, 0.25) is 10.0 Å². The maximum absolute atomic E-state index is 13.1. The largest absolute Gasteiger partial charge is 0.493 e. The first-order valence-electron chi connectivity index (χ1n) is 11.3. The van der Waals surface area contributed by atoms with E-state index in [2.05, 4.69) is 20.9 Å². The first-order valence-corrected chi connectivity index (χ1v) is 13.6. The molecule has 0 bridgehead atoms. The van der Waals surface area contributed by atoms with E-state index in [-0.39, 0.29) is 18.1 Å². The number of halogens is 3. The maximum Gasteiger partial charge on any atom is 0.335 e. The van der Waals surface area contributed by atoms with Crippen LogP contribution in [0.5, 0.6) is 11.5 Å². The van der Waals surface area contributed by atoms with Gasteiger partial charge >= 0.3 is 5.97 Å². The molecule has 1 amide bonds. The molecule has 11 heteroatoms. The van der Waals surface area contributed by atoms with Crippen molar-refractivity contribution >= 4 is 79.7 Å². The van der Waals surface area contributed by atoms with Crippen LogP contribution < -0.4 is 9.47 Å². The van der Waals surface area contributed by atoms with Crippen LogP contribution in [0.15, 0.2) is 69.0 Å². The number of ether oxygens (including phenoxy) is 2. The summed E-state index contributed by atoms with van der Waals surface area (Å²) in [7, 11) is 1.54. The van der Waals surface area contributed by atoms with Crippen LogP contribution in [-0.2, 0) is 11.4 Å². The summed E-state index contributed by atoms with van der Waals surface area (Å²) >= 11 is 17.0. The zero-order valence-electron chi connectivity index (χ0n) is 20.2. The molecular formula is C27H21BrCl2N2O5S. The monoisotopic (exact) mass is 634 g/mol. The molecule has 0 aromatic heterocycles.